The van der Waals surface area contributed by atoms with Crippen molar-refractivity contribution >= 4 is 21.6 Å². The Labute approximate surface area is 110 Å². The summed E-state index contributed by atoms with van der Waals surface area (Å²) in [6.07, 6.45) is 0. The number of methoxy groups -OCH3 is 1. The Morgan fingerprint density at radius 3 is 2.56 bits per heavy atom. The lowest BCUT2D eigenvalue weighted by molar-refractivity contribution is 0.417. The Kier molecular flexibility index (Phi) is 2.76. The maximum Gasteiger partial charge on any atom is 0.128 e. The molecule has 1 aromatic heterocycles. The Hall–Kier alpha value is -1.87. The summed E-state index contributed by atoms with van der Waals surface area (Å²) in [6, 6.07) is 14.3. The van der Waals surface area contributed by atoms with Crippen molar-refractivity contribution in [2.45, 2.75) is 6.92 Å². The molecule has 2 nitrogen and oxygen atoms in total. The second-order valence-electron chi connectivity index (χ2n) is 4.09. The summed E-state index contributed by atoms with van der Waals surface area (Å²) in [5, 5.41) is 1.08. The van der Waals surface area contributed by atoms with Crippen molar-refractivity contribution in [2.24, 2.45) is 0 Å². The Balaban J connectivity index is 2.37. The lowest BCUT2D eigenvalue weighted by Gasteiger charge is -2.09. The highest BCUT2D eigenvalue weighted by Crippen LogP contribution is 2.39. The molecule has 0 bridgehead atoms. The minimum atomic E-state index is 0.900. The molecule has 3 heteroatoms. The quantitative estimate of drug-likeness (QED) is 0.682. The molecule has 0 saturated carbocycles. The van der Waals surface area contributed by atoms with Gasteiger partial charge in [-0.2, -0.15) is 0 Å². The van der Waals surface area contributed by atoms with Crippen molar-refractivity contribution < 1.29 is 4.74 Å². The molecule has 0 radical (unpaired) electrons. The lowest BCUT2D eigenvalue weighted by Crippen LogP contribution is -1.88. The number of hydrogen-bond acceptors (Lipinski definition) is 3. The maximum absolute atomic E-state index is 5.50. The number of ether oxygens (including phenoxy) is 1. The van der Waals surface area contributed by atoms with Gasteiger partial charge in [-0.3, -0.25) is 0 Å². The first-order valence-electron chi connectivity index (χ1n) is 5.79. The minimum absolute atomic E-state index is 0.900. The summed E-state index contributed by atoms with van der Waals surface area (Å²) in [5.74, 6) is 0.900. The molecule has 2 aromatic carbocycles. The van der Waals surface area contributed by atoms with Gasteiger partial charge in [0.25, 0.3) is 0 Å². The zero-order chi connectivity index (χ0) is 12.5. The largest absolute Gasteiger partial charge is 0.496 e. The molecule has 0 aliphatic carbocycles. The van der Waals surface area contributed by atoms with Gasteiger partial charge in [-0.05, 0) is 24.6 Å². The smallest absolute Gasteiger partial charge is 0.128 e. The van der Waals surface area contributed by atoms with Gasteiger partial charge in [0.05, 0.1) is 22.3 Å². The molecule has 0 saturated heterocycles. The number of benzene rings is 2. The van der Waals surface area contributed by atoms with Crippen LogP contribution in [-0.4, -0.2) is 12.1 Å². The zero-order valence-electron chi connectivity index (χ0n) is 10.3. The van der Waals surface area contributed by atoms with Crippen LogP contribution in [0.4, 0.5) is 0 Å². The molecule has 0 spiro atoms. The fourth-order valence-electron chi connectivity index (χ4n) is 2.13. The van der Waals surface area contributed by atoms with Crippen LogP contribution >= 0.6 is 11.3 Å². The third-order valence-electron chi connectivity index (χ3n) is 2.91. The number of fused-ring (bicyclic) bond motifs is 1. The lowest BCUT2D eigenvalue weighted by atomic mass is 10.0. The highest BCUT2D eigenvalue weighted by Gasteiger charge is 2.13. The Bertz CT molecular complexity index is 688. The highest BCUT2D eigenvalue weighted by molar-refractivity contribution is 7.19. The topological polar surface area (TPSA) is 22.1 Å². The van der Waals surface area contributed by atoms with E-state index in [1.54, 1.807) is 18.4 Å². The third kappa shape index (κ3) is 1.77. The van der Waals surface area contributed by atoms with E-state index in [1.165, 1.54) is 10.3 Å². The van der Waals surface area contributed by atoms with E-state index >= 15 is 0 Å². The Morgan fingerprint density at radius 1 is 1.06 bits per heavy atom. The Morgan fingerprint density at radius 2 is 1.83 bits per heavy atom. The average molecular weight is 255 g/mol. The number of aromatic nitrogens is 1. The van der Waals surface area contributed by atoms with Gasteiger partial charge in [0.2, 0.25) is 0 Å². The average Bonchev–Trinajstić information content (AvgIpc) is 2.78. The molecule has 0 N–H and O–H groups in total. The molecular formula is C15H13NOS. The predicted octanol–water partition coefficient (Wildman–Crippen LogP) is 4.28. The predicted molar refractivity (Wildman–Crippen MR) is 76.3 cm³/mol. The maximum atomic E-state index is 5.50. The highest BCUT2D eigenvalue weighted by atomic mass is 32.1. The fourth-order valence-corrected chi connectivity index (χ4v) is 3.11. The van der Waals surface area contributed by atoms with Crippen molar-refractivity contribution in [2.75, 3.05) is 7.11 Å². The van der Waals surface area contributed by atoms with Crippen LogP contribution in [-0.2, 0) is 0 Å². The van der Waals surface area contributed by atoms with Crippen LogP contribution in [0.3, 0.4) is 0 Å². The molecule has 0 unspecified atom stereocenters. The van der Waals surface area contributed by atoms with E-state index in [4.69, 9.17) is 4.74 Å². The zero-order valence-corrected chi connectivity index (χ0v) is 11.1. The number of aryl methyl sites for hydroxylation is 1. The first kappa shape index (κ1) is 11.2. The summed E-state index contributed by atoms with van der Waals surface area (Å²) >= 11 is 1.71. The van der Waals surface area contributed by atoms with Crippen LogP contribution in [0, 0.1) is 6.92 Å². The van der Waals surface area contributed by atoms with Crippen LogP contribution in [0.1, 0.15) is 5.01 Å². The number of rotatable bonds is 2. The summed E-state index contributed by atoms with van der Waals surface area (Å²) in [5.41, 5.74) is 3.35. The SMILES string of the molecule is COc1ccc2nc(C)sc2c1-c1ccccc1. The summed E-state index contributed by atoms with van der Waals surface area (Å²) in [7, 11) is 1.71. The van der Waals surface area contributed by atoms with E-state index in [-0.39, 0.29) is 0 Å². The molecule has 0 aliphatic heterocycles. The van der Waals surface area contributed by atoms with E-state index in [0.717, 1.165) is 21.8 Å². The molecule has 0 aliphatic rings. The van der Waals surface area contributed by atoms with Gasteiger partial charge in [0.15, 0.2) is 0 Å². The van der Waals surface area contributed by atoms with Gasteiger partial charge >= 0.3 is 0 Å². The first-order chi connectivity index (χ1) is 8.79. The van der Waals surface area contributed by atoms with Crippen molar-refractivity contribution in [3.05, 3.63) is 47.5 Å². The summed E-state index contributed by atoms with van der Waals surface area (Å²) in [6.45, 7) is 2.03. The molecule has 18 heavy (non-hydrogen) atoms. The van der Waals surface area contributed by atoms with E-state index in [9.17, 15) is 0 Å². The van der Waals surface area contributed by atoms with Crippen LogP contribution in [0.2, 0.25) is 0 Å². The van der Waals surface area contributed by atoms with E-state index in [2.05, 4.69) is 17.1 Å². The van der Waals surface area contributed by atoms with E-state index in [1.807, 2.05) is 37.3 Å². The first-order valence-corrected chi connectivity index (χ1v) is 6.61. The summed E-state index contributed by atoms with van der Waals surface area (Å²) in [4.78, 5) is 4.54. The fraction of sp³-hybridized carbons (Fsp3) is 0.133. The van der Waals surface area contributed by atoms with Crippen LogP contribution in [0.5, 0.6) is 5.75 Å². The second-order valence-corrected chi connectivity index (χ2v) is 5.29. The minimum Gasteiger partial charge on any atom is -0.496 e. The molecule has 0 fully saturated rings. The van der Waals surface area contributed by atoms with Crippen molar-refractivity contribution in [1.82, 2.24) is 4.98 Å². The van der Waals surface area contributed by atoms with Gasteiger partial charge in [-0.15, -0.1) is 11.3 Å². The third-order valence-corrected chi connectivity index (χ3v) is 3.91. The second kappa shape index (κ2) is 4.42. The van der Waals surface area contributed by atoms with Gasteiger partial charge in [-0.25, -0.2) is 4.98 Å². The van der Waals surface area contributed by atoms with Crippen LogP contribution < -0.4 is 4.74 Å². The molecule has 0 atom stereocenters. The van der Waals surface area contributed by atoms with Crippen LogP contribution in [0.25, 0.3) is 21.3 Å². The number of thiazole rings is 1. The molecule has 0 amide bonds. The molecule has 1 heterocycles. The monoisotopic (exact) mass is 255 g/mol. The van der Waals surface area contributed by atoms with Crippen LogP contribution in [0.15, 0.2) is 42.5 Å². The van der Waals surface area contributed by atoms with E-state index in [0.29, 0.717) is 0 Å². The number of hydrogen-bond donors (Lipinski definition) is 0. The molecular weight excluding hydrogens is 242 g/mol. The van der Waals surface area contributed by atoms with Crippen molar-refractivity contribution in [3.63, 3.8) is 0 Å². The van der Waals surface area contributed by atoms with E-state index < -0.39 is 0 Å². The molecule has 90 valence electrons. The normalized spacial score (nSPS) is 10.8. The molecule has 3 aromatic rings. The van der Waals surface area contributed by atoms with Gasteiger partial charge in [0.1, 0.15) is 5.75 Å². The molecule has 3 rings (SSSR count). The van der Waals surface area contributed by atoms with Gasteiger partial charge in [0, 0.05) is 5.56 Å². The summed E-state index contributed by atoms with van der Waals surface area (Å²) < 4.78 is 6.69. The number of nitrogens with zero attached hydrogens (tertiary/aromatic N) is 1. The standard InChI is InChI=1S/C15H13NOS/c1-10-16-12-8-9-13(17-2)14(15(12)18-10)11-6-4-3-5-7-11/h3-9H,1-2H3. The van der Waals surface area contributed by atoms with Crippen molar-refractivity contribution in [1.29, 1.82) is 0 Å². The van der Waals surface area contributed by atoms with Crippen molar-refractivity contribution in [3.8, 4) is 16.9 Å². The van der Waals surface area contributed by atoms with Gasteiger partial charge < -0.3 is 4.74 Å². The van der Waals surface area contributed by atoms with Gasteiger partial charge in [-0.1, -0.05) is 30.3 Å².